The smallest absolute Gasteiger partial charge is 0.187 e. The number of rotatable bonds is 14. The molecule has 340 valence electrons. The minimum atomic E-state index is -2.03. The van der Waals surface area contributed by atoms with Crippen molar-refractivity contribution in [3.63, 3.8) is 0 Å². The van der Waals surface area contributed by atoms with Crippen molar-refractivity contribution in [1.82, 2.24) is 0 Å². The standard InChI is InChI=1S/C33H58O25/c1-8(2)27-24(47)19(42)17(40)12(52-27)6-50-30-25(48)21(44)18(41)13(56-30)7-51-32-28(22(45)15(38)10(4-35)54-32)58-33-29(23(46)16(39)11(5-36)55-33)57-31-26(49)20(43)14(37)9(3-34)53-31/h8-49H,3-7H2,1-2H3/t9?,10?,11?,12?,13?,14-,15-,16-,17-,18-,19-,20-,21-,22-,23-,24?,25?,26?,27-,28?,29?,30+,31-,32+,33-/m0/s1. The highest BCUT2D eigenvalue weighted by Crippen LogP contribution is 2.34. The highest BCUT2D eigenvalue weighted by Gasteiger charge is 2.55. The second-order valence-electron chi connectivity index (χ2n) is 15.3. The molecule has 0 amide bonds. The van der Waals surface area contributed by atoms with Gasteiger partial charge in [-0.1, -0.05) is 13.8 Å². The zero-order valence-electron chi connectivity index (χ0n) is 31.4. The number of aliphatic hydroxyl groups excluding tert-OH is 16. The maximum Gasteiger partial charge on any atom is 0.187 e. The fraction of sp³-hybridized carbons (Fsp3) is 1.00. The van der Waals surface area contributed by atoms with Crippen LogP contribution in [0.5, 0.6) is 0 Å². The molecule has 0 radical (unpaired) electrons. The van der Waals surface area contributed by atoms with E-state index in [4.69, 9.17) is 42.6 Å². The van der Waals surface area contributed by atoms with Crippen LogP contribution in [0.4, 0.5) is 0 Å². The van der Waals surface area contributed by atoms with Gasteiger partial charge in [0.05, 0.1) is 39.1 Å². The van der Waals surface area contributed by atoms with Crippen LogP contribution in [0.25, 0.3) is 0 Å². The van der Waals surface area contributed by atoms with Gasteiger partial charge in [0.15, 0.2) is 25.2 Å². The average molecular weight is 855 g/mol. The third-order valence-corrected chi connectivity index (χ3v) is 11.0. The molecule has 58 heavy (non-hydrogen) atoms. The molecule has 16 N–H and O–H groups in total. The van der Waals surface area contributed by atoms with Crippen molar-refractivity contribution < 1.29 is 124 Å². The lowest BCUT2D eigenvalue weighted by molar-refractivity contribution is -0.395. The van der Waals surface area contributed by atoms with E-state index in [1.54, 1.807) is 13.8 Å². The maximum atomic E-state index is 11.2. The molecule has 0 aromatic rings. The van der Waals surface area contributed by atoms with Crippen LogP contribution in [0, 0.1) is 5.92 Å². The van der Waals surface area contributed by atoms with Crippen molar-refractivity contribution in [3.05, 3.63) is 0 Å². The van der Waals surface area contributed by atoms with Gasteiger partial charge in [-0.15, -0.1) is 0 Å². The van der Waals surface area contributed by atoms with Crippen LogP contribution >= 0.6 is 0 Å². The van der Waals surface area contributed by atoms with Crippen LogP contribution in [-0.4, -0.2) is 268 Å². The summed E-state index contributed by atoms with van der Waals surface area (Å²) in [6.07, 6.45) is -43.5. The number of hydrogen-bond acceptors (Lipinski definition) is 25. The fourth-order valence-corrected chi connectivity index (χ4v) is 7.38. The summed E-state index contributed by atoms with van der Waals surface area (Å²) in [6, 6.07) is 0. The molecule has 0 aliphatic carbocycles. The van der Waals surface area contributed by atoms with E-state index in [0.717, 1.165) is 0 Å². The monoisotopic (exact) mass is 854 g/mol. The van der Waals surface area contributed by atoms with Crippen LogP contribution in [0.3, 0.4) is 0 Å². The molecule has 5 saturated heterocycles. The molecule has 5 aliphatic heterocycles. The first-order valence-corrected chi connectivity index (χ1v) is 18.8. The topological polar surface area (TPSA) is 407 Å². The highest BCUT2D eigenvalue weighted by atomic mass is 16.8. The quantitative estimate of drug-likeness (QED) is 0.0771. The SMILES string of the molecule is CC(C)[C@@H]1OC(CO[C@@H]2OC(CO[C@@H]3OC(CO)[C@H](O)[C@H](O)C3O[C@@H]3OC(CO)[C@H](O)[C@H](O)C3O[C@@H]3OC(CO)[C@H](O)[C@H](O)C3O)[C@H](O)[C@H](O)C2O)[C@H](O)[C@H](O)C1O. The molecule has 25 heteroatoms. The summed E-state index contributed by atoms with van der Waals surface area (Å²) < 4.78 is 50.8. The van der Waals surface area contributed by atoms with E-state index < -0.39 is 186 Å². The minimum absolute atomic E-state index is 0.298. The molecule has 0 aromatic heterocycles. The van der Waals surface area contributed by atoms with Gasteiger partial charge in [-0.05, 0) is 5.92 Å². The number of aliphatic hydroxyl groups is 16. The van der Waals surface area contributed by atoms with Crippen molar-refractivity contribution in [1.29, 1.82) is 0 Å². The van der Waals surface area contributed by atoms with Gasteiger partial charge in [0.25, 0.3) is 0 Å². The highest BCUT2D eigenvalue weighted by molar-refractivity contribution is 4.98. The Morgan fingerprint density at radius 3 is 1.21 bits per heavy atom. The van der Waals surface area contributed by atoms with E-state index >= 15 is 0 Å². The van der Waals surface area contributed by atoms with Crippen LogP contribution in [0.1, 0.15) is 13.8 Å². The number of hydrogen-bond donors (Lipinski definition) is 16. The van der Waals surface area contributed by atoms with E-state index in [1.807, 2.05) is 0 Å². The molecule has 0 bridgehead atoms. The van der Waals surface area contributed by atoms with E-state index in [-0.39, 0.29) is 5.92 Å². The molecule has 5 aliphatic rings. The van der Waals surface area contributed by atoms with Crippen molar-refractivity contribution >= 4 is 0 Å². The van der Waals surface area contributed by atoms with Crippen molar-refractivity contribution in [2.75, 3.05) is 33.0 Å². The summed E-state index contributed by atoms with van der Waals surface area (Å²) in [4.78, 5) is 0. The summed E-state index contributed by atoms with van der Waals surface area (Å²) in [5.74, 6) is -0.298. The predicted molar refractivity (Wildman–Crippen MR) is 179 cm³/mol. The Hall–Kier alpha value is -1.00. The molecule has 25 atom stereocenters. The fourth-order valence-electron chi connectivity index (χ4n) is 7.38. The molecule has 25 nitrogen and oxygen atoms in total. The van der Waals surface area contributed by atoms with E-state index in [1.165, 1.54) is 0 Å². The average Bonchev–Trinajstić information content (AvgIpc) is 3.20. The Kier molecular flexibility index (Phi) is 16.9. The van der Waals surface area contributed by atoms with E-state index in [2.05, 4.69) is 0 Å². The molecular formula is C33H58O25. The predicted octanol–water partition coefficient (Wildman–Crippen LogP) is -10.2. The van der Waals surface area contributed by atoms with Gasteiger partial charge in [0.1, 0.15) is 122 Å². The first-order chi connectivity index (χ1) is 27.4. The van der Waals surface area contributed by atoms with Gasteiger partial charge in [-0.2, -0.15) is 0 Å². The van der Waals surface area contributed by atoms with Crippen molar-refractivity contribution in [2.24, 2.45) is 5.92 Å². The number of ether oxygens (including phenoxy) is 9. The minimum Gasteiger partial charge on any atom is -0.394 e. The van der Waals surface area contributed by atoms with Crippen LogP contribution in [0.2, 0.25) is 0 Å². The second kappa shape index (κ2) is 20.5. The molecule has 0 saturated carbocycles. The van der Waals surface area contributed by atoms with E-state index in [0.29, 0.717) is 0 Å². The van der Waals surface area contributed by atoms with Gasteiger partial charge >= 0.3 is 0 Å². The lowest BCUT2D eigenvalue weighted by Gasteiger charge is -2.48. The Labute approximate surface area is 330 Å². The molecule has 5 fully saturated rings. The Morgan fingerprint density at radius 2 is 0.707 bits per heavy atom. The zero-order chi connectivity index (χ0) is 42.9. The lowest BCUT2D eigenvalue weighted by Crippen LogP contribution is -2.67. The van der Waals surface area contributed by atoms with Crippen molar-refractivity contribution in [2.45, 2.75) is 167 Å². The van der Waals surface area contributed by atoms with Gasteiger partial charge in [-0.25, -0.2) is 0 Å². The zero-order valence-corrected chi connectivity index (χ0v) is 31.4. The summed E-state index contributed by atoms with van der Waals surface area (Å²) in [5, 5.41) is 167. The maximum absolute atomic E-state index is 11.2. The second-order valence-corrected chi connectivity index (χ2v) is 15.3. The normalized spacial score (nSPS) is 51.9. The molecular weight excluding hydrogens is 796 g/mol. The van der Waals surface area contributed by atoms with Gasteiger partial charge in [0.2, 0.25) is 0 Å². The summed E-state index contributed by atoms with van der Waals surface area (Å²) >= 11 is 0. The molecule has 5 rings (SSSR count). The molecule has 0 spiro atoms. The third-order valence-electron chi connectivity index (χ3n) is 11.0. The van der Waals surface area contributed by atoms with Gasteiger partial charge in [-0.3, -0.25) is 0 Å². The Bertz CT molecular complexity index is 1250. The Morgan fingerprint density at radius 1 is 0.362 bits per heavy atom. The van der Waals surface area contributed by atoms with Gasteiger partial charge < -0.3 is 124 Å². The first kappa shape index (κ1) is 48.0. The third kappa shape index (κ3) is 9.94. The molecule has 0 aromatic carbocycles. The lowest BCUT2D eigenvalue weighted by atomic mass is 9.89. The first-order valence-electron chi connectivity index (χ1n) is 18.8. The van der Waals surface area contributed by atoms with Crippen molar-refractivity contribution in [3.8, 4) is 0 Å². The molecule has 5 heterocycles. The van der Waals surface area contributed by atoms with Crippen LogP contribution in [0.15, 0.2) is 0 Å². The summed E-state index contributed by atoms with van der Waals surface area (Å²) in [5.41, 5.74) is 0. The van der Waals surface area contributed by atoms with E-state index in [9.17, 15) is 81.7 Å². The Balaban J connectivity index is 1.31. The summed E-state index contributed by atoms with van der Waals surface area (Å²) in [7, 11) is 0. The summed E-state index contributed by atoms with van der Waals surface area (Å²) in [6.45, 7) is -0.544. The van der Waals surface area contributed by atoms with Crippen LogP contribution < -0.4 is 0 Å². The largest absolute Gasteiger partial charge is 0.394 e. The molecule has 10 unspecified atom stereocenters. The van der Waals surface area contributed by atoms with Gasteiger partial charge in [0, 0.05) is 0 Å². The van der Waals surface area contributed by atoms with Crippen LogP contribution in [-0.2, 0) is 42.6 Å².